The van der Waals surface area contributed by atoms with Crippen molar-refractivity contribution in [1.82, 2.24) is 24.4 Å². The SMILES string of the molecule is Cl.Cl.N[C@H]1CC[C@H](Nc2nc(NCCCN3CCOCC3)c3ncn(C4CCCC4)c3n2)CC1. The Balaban J connectivity index is 0.00000162. The van der Waals surface area contributed by atoms with Crippen molar-refractivity contribution in [3.05, 3.63) is 6.33 Å². The van der Waals surface area contributed by atoms with Gasteiger partial charge in [-0.1, -0.05) is 12.8 Å². The molecule has 2 aliphatic carbocycles. The molecule has 1 aliphatic heterocycles. The number of nitrogens with one attached hydrogen (secondary N) is 2. The molecular weight excluding hydrogens is 475 g/mol. The van der Waals surface area contributed by atoms with Crippen molar-refractivity contribution >= 4 is 47.7 Å². The molecule has 3 heterocycles. The smallest absolute Gasteiger partial charge is 0.227 e. The molecule has 0 unspecified atom stereocenters. The summed E-state index contributed by atoms with van der Waals surface area (Å²) in [7, 11) is 0. The number of fused-ring (bicyclic) bond motifs is 1. The number of hydrogen-bond donors (Lipinski definition) is 3. The first-order chi connectivity index (χ1) is 15.8. The number of imidazole rings is 1. The topological polar surface area (TPSA) is 106 Å². The summed E-state index contributed by atoms with van der Waals surface area (Å²) in [5.74, 6) is 1.57. The monoisotopic (exact) mass is 514 g/mol. The lowest BCUT2D eigenvalue weighted by Crippen LogP contribution is -2.37. The van der Waals surface area contributed by atoms with E-state index in [2.05, 4.69) is 20.1 Å². The lowest BCUT2D eigenvalue weighted by molar-refractivity contribution is 0.0378. The molecular formula is C23H40Cl2N8O. The molecule has 3 fully saturated rings. The van der Waals surface area contributed by atoms with Gasteiger partial charge in [-0.3, -0.25) is 4.90 Å². The molecule has 5 rings (SSSR count). The lowest BCUT2D eigenvalue weighted by atomic mass is 9.92. The highest BCUT2D eigenvalue weighted by Gasteiger charge is 2.24. The zero-order chi connectivity index (χ0) is 21.8. The van der Waals surface area contributed by atoms with Crippen molar-refractivity contribution in [2.45, 2.75) is 75.9 Å². The van der Waals surface area contributed by atoms with Gasteiger partial charge in [0.15, 0.2) is 17.0 Å². The third kappa shape index (κ3) is 6.63. The van der Waals surface area contributed by atoms with E-state index >= 15 is 0 Å². The van der Waals surface area contributed by atoms with Crippen LogP contribution < -0.4 is 16.4 Å². The van der Waals surface area contributed by atoms with Gasteiger partial charge in [0.2, 0.25) is 5.95 Å². The van der Waals surface area contributed by atoms with Gasteiger partial charge in [-0.05, 0) is 51.5 Å². The molecule has 11 heteroatoms. The van der Waals surface area contributed by atoms with Crippen LogP contribution in [0.15, 0.2) is 6.33 Å². The van der Waals surface area contributed by atoms with Gasteiger partial charge in [0, 0.05) is 37.8 Å². The molecule has 0 aromatic carbocycles. The second kappa shape index (κ2) is 13.1. The first kappa shape index (κ1) is 27.2. The minimum absolute atomic E-state index is 0. The zero-order valence-electron chi connectivity index (χ0n) is 20.0. The highest BCUT2D eigenvalue weighted by atomic mass is 35.5. The van der Waals surface area contributed by atoms with Crippen molar-refractivity contribution in [1.29, 1.82) is 0 Å². The predicted octanol–water partition coefficient (Wildman–Crippen LogP) is 3.60. The number of morpholine rings is 1. The van der Waals surface area contributed by atoms with E-state index < -0.39 is 0 Å². The van der Waals surface area contributed by atoms with Gasteiger partial charge in [-0.15, -0.1) is 24.8 Å². The Morgan fingerprint density at radius 3 is 2.47 bits per heavy atom. The maximum Gasteiger partial charge on any atom is 0.227 e. The fourth-order valence-corrected chi connectivity index (χ4v) is 5.33. The maximum absolute atomic E-state index is 6.10. The minimum Gasteiger partial charge on any atom is -0.379 e. The van der Waals surface area contributed by atoms with Crippen LogP contribution in [0.2, 0.25) is 0 Å². The van der Waals surface area contributed by atoms with E-state index in [0.717, 1.165) is 88.5 Å². The summed E-state index contributed by atoms with van der Waals surface area (Å²) in [5.41, 5.74) is 7.94. The van der Waals surface area contributed by atoms with Crippen LogP contribution in [0.1, 0.15) is 63.8 Å². The van der Waals surface area contributed by atoms with Crippen molar-refractivity contribution in [2.24, 2.45) is 5.73 Å². The Bertz CT molecular complexity index is 877. The number of ether oxygens (including phenoxy) is 1. The first-order valence-corrected chi connectivity index (χ1v) is 12.6. The van der Waals surface area contributed by atoms with Crippen molar-refractivity contribution < 1.29 is 4.74 Å². The van der Waals surface area contributed by atoms with E-state index in [1.54, 1.807) is 0 Å². The number of aromatic nitrogens is 4. The largest absolute Gasteiger partial charge is 0.379 e. The maximum atomic E-state index is 6.10. The van der Waals surface area contributed by atoms with Crippen molar-refractivity contribution in [3.63, 3.8) is 0 Å². The lowest BCUT2D eigenvalue weighted by Gasteiger charge is -2.27. The van der Waals surface area contributed by atoms with E-state index in [9.17, 15) is 0 Å². The molecule has 0 bridgehead atoms. The van der Waals surface area contributed by atoms with Crippen LogP contribution in [-0.4, -0.2) is 75.9 Å². The minimum atomic E-state index is 0. The first-order valence-electron chi connectivity index (χ1n) is 12.6. The third-order valence-corrected chi connectivity index (χ3v) is 7.29. The third-order valence-electron chi connectivity index (χ3n) is 7.29. The summed E-state index contributed by atoms with van der Waals surface area (Å²) in [5, 5.41) is 7.17. The summed E-state index contributed by atoms with van der Waals surface area (Å²) in [6.07, 6.45) is 12.3. The van der Waals surface area contributed by atoms with Gasteiger partial charge in [-0.25, -0.2) is 4.98 Å². The summed E-state index contributed by atoms with van der Waals surface area (Å²) >= 11 is 0. The molecule has 2 aromatic rings. The van der Waals surface area contributed by atoms with E-state index in [4.69, 9.17) is 25.4 Å². The number of anilines is 2. The van der Waals surface area contributed by atoms with E-state index in [1.165, 1.54) is 25.7 Å². The molecule has 0 amide bonds. The fraction of sp³-hybridized carbons (Fsp3) is 0.783. The van der Waals surface area contributed by atoms with Crippen LogP contribution in [-0.2, 0) is 4.74 Å². The van der Waals surface area contributed by atoms with Crippen LogP contribution >= 0.6 is 24.8 Å². The van der Waals surface area contributed by atoms with E-state index in [0.29, 0.717) is 24.1 Å². The summed E-state index contributed by atoms with van der Waals surface area (Å²) in [4.78, 5) is 17.0. The Kier molecular flexibility index (Phi) is 10.5. The molecule has 34 heavy (non-hydrogen) atoms. The summed E-state index contributed by atoms with van der Waals surface area (Å²) in [6.45, 7) is 5.71. The van der Waals surface area contributed by atoms with Gasteiger partial charge in [-0.2, -0.15) is 9.97 Å². The Morgan fingerprint density at radius 2 is 1.74 bits per heavy atom. The summed E-state index contributed by atoms with van der Waals surface area (Å²) < 4.78 is 7.73. The quantitative estimate of drug-likeness (QED) is 0.458. The second-order valence-electron chi connectivity index (χ2n) is 9.65. The Morgan fingerprint density at radius 1 is 1.00 bits per heavy atom. The number of nitrogens with zero attached hydrogens (tertiary/aromatic N) is 5. The predicted molar refractivity (Wildman–Crippen MR) is 142 cm³/mol. The Labute approximate surface area is 214 Å². The second-order valence-corrected chi connectivity index (χ2v) is 9.65. The van der Waals surface area contributed by atoms with E-state index in [-0.39, 0.29) is 24.8 Å². The molecule has 4 N–H and O–H groups in total. The number of rotatable bonds is 8. The Hall–Kier alpha value is -1.39. The zero-order valence-corrected chi connectivity index (χ0v) is 21.6. The molecule has 9 nitrogen and oxygen atoms in total. The van der Waals surface area contributed by atoms with Crippen molar-refractivity contribution in [3.8, 4) is 0 Å². The molecule has 0 spiro atoms. The summed E-state index contributed by atoms with van der Waals surface area (Å²) in [6, 6.07) is 1.23. The van der Waals surface area contributed by atoms with Gasteiger partial charge in [0.25, 0.3) is 0 Å². The molecule has 192 valence electrons. The molecule has 3 aliphatic rings. The average Bonchev–Trinajstić information content (AvgIpc) is 3.49. The highest BCUT2D eigenvalue weighted by molar-refractivity contribution is 5.86. The number of halogens is 2. The molecule has 1 saturated heterocycles. The molecule has 2 aromatic heterocycles. The number of hydrogen-bond acceptors (Lipinski definition) is 8. The van der Waals surface area contributed by atoms with Gasteiger partial charge in [0.1, 0.15) is 0 Å². The standard InChI is InChI=1S/C23H38N8O.2ClH/c24-17-6-8-18(9-7-17)27-23-28-21(25-10-3-11-30-12-14-32-15-13-30)20-22(29-23)31(16-26-20)19-4-1-2-5-19;;/h16-19H,1-15,24H2,(H2,25,27,28,29);2*1H/t17-,18-;;. The van der Waals surface area contributed by atoms with E-state index in [1.807, 2.05) is 6.33 Å². The fourth-order valence-electron chi connectivity index (χ4n) is 5.33. The van der Waals surface area contributed by atoms with Crippen LogP contribution in [0, 0.1) is 0 Å². The van der Waals surface area contributed by atoms with Crippen LogP contribution in [0.5, 0.6) is 0 Å². The van der Waals surface area contributed by atoms with Gasteiger partial charge >= 0.3 is 0 Å². The van der Waals surface area contributed by atoms with Gasteiger partial charge in [0.05, 0.1) is 19.5 Å². The van der Waals surface area contributed by atoms with Crippen LogP contribution in [0.3, 0.4) is 0 Å². The molecule has 2 saturated carbocycles. The van der Waals surface area contributed by atoms with Gasteiger partial charge < -0.3 is 25.7 Å². The normalized spacial score (nSPS) is 23.9. The average molecular weight is 516 g/mol. The molecule has 0 radical (unpaired) electrons. The molecule has 0 atom stereocenters. The van der Waals surface area contributed by atoms with Crippen LogP contribution in [0.4, 0.5) is 11.8 Å². The highest BCUT2D eigenvalue weighted by Crippen LogP contribution is 2.33. The number of nitrogens with two attached hydrogens (primary N) is 1. The van der Waals surface area contributed by atoms with Crippen molar-refractivity contribution in [2.75, 3.05) is 50.0 Å². The van der Waals surface area contributed by atoms with Crippen LogP contribution in [0.25, 0.3) is 11.2 Å².